The molecule has 0 heterocycles. The predicted molar refractivity (Wildman–Crippen MR) is 123 cm³/mol. The molecule has 0 rings (SSSR count). The smallest absolute Gasteiger partial charge is 0.305 e. The lowest BCUT2D eigenvalue weighted by molar-refractivity contribution is -0.154. The number of unbranched alkanes of at least 4 members (excludes halogenated alkanes) is 10. The van der Waals surface area contributed by atoms with E-state index in [9.17, 15) is 30.3 Å². The Morgan fingerprint density at radius 3 is 1.44 bits per heavy atom. The fourth-order valence-electron chi connectivity index (χ4n) is 3.28. The Bertz CT molecular complexity index is 427. The summed E-state index contributed by atoms with van der Waals surface area (Å²) < 4.78 is 10.7. The Morgan fingerprint density at radius 1 is 0.594 bits per heavy atom. The second-order valence-corrected chi connectivity index (χ2v) is 9.23. The molecule has 0 aliphatic heterocycles. The van der Waals surface area contributed by atoms with Crippen LogP contribution in [0.3, 0.4) is 0 Å². The molecule has 8 heteroatoms. The van der Waals surface area contributed by atoms with E-state index in [2.05, 4.69) is 6.92 Å². The number of carbonyl (C=O) groups is 1. The maximum Gasteiger partial charge on any atom is 0.305 e. The highest BCUT2D eigenvalue weighted by molar-refractivity contribution is 5.69. The summed E-state index contributed by atoms with van der Waals surface area (Å²) in [5.74, 6) is -0.373. The average Bonchev–Trinajstić information content (AvgIpc) is 2.83. The lowest BCUT2D eigenvalue weighted by atomic mass is 9.90. The summed E-state index contributed by atoms with van der Waals surface area (Å²) in [6.45, 7) is -0.612. The van der Waals surface area contributed by atoms with E-state index in [4.69, 9.17) is 9.47 Å². The van der Waals surface area contributed by atoms with E-state index >= 15 is 0 Å². The zero-order chi connectivity index (χ0) is 24.1. The van der Waals surface area contributed by atoms with Gasteiger partial charge in [0, 0.05) is 6.42 Å². The molecule has 0 aromatic carbocycles. The van der Waals surface area contributed by atoms with Gasteiger partial charge in [0.2, 0.25) is 0 Å². The first-order chi connectivity index (χ1) is 15.5. The first-order valence-corrected chi connectivity index (χ1v) is 12.2. The highest BCUT2D eigenvalue weighted by atomic mass is 16.5. The Labute approximate surface area is 193 Å². The van der Waals surface area contributed by atoms with E-state index in [0.717, 1.165) is 19.3 Å². The van der Waals surface area contributed by atoms with Crippen LogP contribution in [0.5, 0.6) is 0 Å². The topological polar surface area (TPSA) is 137 Å². The van der Waals surface area contributed by atoms with Crippen molar-refractivity contribution < 1.29 is 39.8 Å². The number of hydrogen-bond donors (Lipinski definition) is 5. The minimum absolute atomic E-state index is 0.145. The van der Waals surface area contributed by atoms with Crippen molar-refractivity contribution in [2.24, 2.45) is 10.8 Å². The number of aliphatic hydroxyl groups is 5. The van der Waals surface area contributed by atoms with Crippen molar-refractivity contribution in [3.8, 4) is 0 Å². The van der Waals surface area contributed by atoms with E-state index in [1.54, 1.807) is 0 Å². The summed E-state index contributed by atoms with van der Waals surface area (Å²) in [5.41, 5.74) is -2.39. The van der Waals surface area contributed by atoms with E-state index in [-0.39, 0.29) is 25.8 Å². The van der Waals surface area contributed by atoms with Crippen molar-refractivity contribution in [1.29, 1.82) is 0 Å². The maximum absolute atomic E-state index is 12.0. The van der Waals surface area contributed by atoms with Crippen LogP contribution in [-0.2, 0) is 14.3 Å². The van der Waals surface area contributed by atoms with Crippen LogP contribution < -0.4 is 0 Å². The Balaban J connectivity index is 4.02. The highest BCUT2D eigenvalue weighted by Gasteiger charge is 2.34. The average molecular weight is 465 g/mol. The van der Waals surface area contributed by atoms with Gasteiger partial charge >= 0.3 is 5.97 Å². The van der Waals surface area contributed by atoms with Gasteiger partial charge in [0.15, 0.2) is 0 Å². The van der Waals surface area contributed by atoms with Crippen molar-refractivity contribution in [3.05, 3.63) is 0 Å². The molecule has 0 fully saturated rings. The molecular weight excluding hydrogens is 416 g/mol. The van der Waals surface area contributed by atoms with Crippen LogP contribution in [-0.4, -0.2) is 84.4 Å². The van der Waals surface area contributed by atoms with Crippen molar-refractivity contribution in [2.45, 2.75) is 84.0 Å². The highest BCUT2D eigenvalue weighted by Crippen LogP contribution is 2.21. The van der Waals surface area contributed by atoms with Crippen LogP contribution in [0.1, 0.15) is 84.0 Å². The van der Waals surface area contributed by atoms with Gasteiger partial charge < -0.3 is 35.0 Å². The number of aliphatic hydroxyl groups excluding tert-OH is 5. The first-order valence-electron chi connectivity index (χ1n) is 12.2. The predicted octanol–water partition coefficient (Wildman–Crippen LogP) is 2.18. The minimum atomic E-state index is -1.21. The van der Waals surface area contributed by atoms with Gasteiger partial charge in [-0.25, -0.2) is 0 Å². The van der Waals surface area contributed by atoms with Crippen molar-refractivity contribution in [2.75, 3.05) is 52.9 Å². The Hall–Kier alpha value is -0.770. The van der Waals surface area contributed by atoms with Gasteiger partial charge in [-0.1, -0.05) is 71.1 Å². The van der Waals surface area contributed by atoms with Crippen LogP contribution >= 0.6 is 0 Å². The van der Waals surface area contributed by atoms with Crippen molar-refractivity contribution >= 4 is 5.97 Å². The molecule has 0 aromatic rings. The van der Waals surface area contributed by atoms with Gasteiger partial charge in [0.1, 0.15) is 6.61 Å². The molecule has 0 saturated carbocycles. The lowest BCUT2D eigenvalue weighted by Crippen LogP contribution is -2.44. The van der Waals surface area contributed by atoms with Crippen LogP contribution in [0.2, 0.25) is 0 Å². The zero-order valence-electron chi connectivity index (χ0n) is 20.1. The van der Waals surface area contributed by atoms with E-state index in [1.807, 2.05) is 0 Å². The number of esters is 1. The minimum Gasteiger partial charge on any atom is -0.465 e. The Morgan fingerprint density at radius 2 is 1.00 bits per heavy atom. The summed E-state index contributed by atoms with van der Waals surface area (Å²) >= 11 is 0. The molecule has 0 spiro atoms. The molecular formula is C24H48O8. The monoisotopic (exact) mass is 464 g/mol. The number of rotatable bonds is 23. The van der Waals surface area contributed by atoms with Gasteiger partial charge in [-0.3, -0.25) is 4.79 Å². The molecule has 32 heavy (non-hydrogen) atoms. The van der Waals surface area contributed by atoms with E-state index in [1.165, 1.54) is 51.4 Å². The fourth-order valence-corrected chi connectivity index (χ4v) is 3.28. The lowest BCUT2D eigenvalue weighted by Gasteiger charge is -2.32. The van der Waals surface area contributed by atoms with E-state index < -0.39 is 43.9 Å². The Kier molecular flexibility index (Phi) is 19.2. The fraction of sp³-hybridized carbons (Fsp3) is 0.958. The SMILES string of the molecule is CCCCCCCCCCCCCC(=O)OCC(CO)(CO)COCC(CO)(CO)CO. The summed E-state index contributed by atoms with van der Waals surface area (Å²) in [6, 6.07) is 0. The standard InChI is InChI=1S/C24H48O8/c1-2-3-4-5-6-7-8-9-10-11-12-13-22(30)32-21-24(17-28,18-29)20-31-19-23(14-25,15-26)16-27/h25-29H,2-21H2,1H3. The third-order valence-corrected chi connectivity index (χ3v) is 6.02. The van der Waals surface area contributed by atoms with Crippen LogP contribution in [0.4, 0.5) is 0 Å². The van der Waals surface area contributed by atoms with Gasteiger partial charge in [-0.05, 0) is 6.42 Å². The van der Waals surface area contributed by atoms with E-state index in [0.29, 0.717) is 6.42 Å². The number of carbonyl (C=O) groups excluding carboxylic acids is 1. The second kappa shape index (κ2) is 19.7. The van der Waals surface area contributed by atoms with Crippen molar-refractivity contribution in [3.63, 3.8) is 0 Å². The molecule has 0 atom stereocenters. The number of ether oxygens (including phenoxy) is 2. The summed E-state index contributed by atoms with van der Waals surface area (Å²) in [6.07, 6.45) is 13.5. The molecule has 192 valence electrons. The van der Waals surface area contributed by atoms with Gasteiger partial charge in [0.05, 0.1) is 57.1 Å². The molecule has 0 radical (unpaired) electrons. The molecule has 0 amide bonds. The molecule has 0 aliphatic rings. The summed E-state index contributed by atoms with van der Waals surface area (Å²) in [4.78, 5) is 12.0. The quantitative estimate of drug-likeness (QED) is 0.115. The largest absolute Gasteiger partial charge is 0.465 e. The summed E-state index contributed by atoms with van der Waals surface area (Å²) in [5, 5.41) is 47.4. The van der Waals surface area contributed by atoms with Gasteiger partial charge in [0.25, 0.3) is 0 Å². The van der Waals surface area contributed by atoms with Crippen LogP contribution in [0.25, 0.3) is 0 Å². The first kappa shape index (κ1) is 31.2. The van der Waals surface area contributed by atoms with Gasteiger partial charge in [-0.15, -0.1) is 0 Å². The molecule has 0 aliphatic carbocycles. The summed E-state index contributed by atoms with van der Waals surface area (Å²) in [7, 11) is 0. The third kappa shape index (κ3) is 13.7. The third-order valence-electron chi connectivity index (χ3n) is 6.02. The zero-order valence-corrected chi connectivity index (χ0v) is 20.1. The molecule has 0 aromatic heterocycles. The molecule has 5 N–H and O–H groups in total. The van der Waals surface area contributed by atoms with Crippen LogP contribution in [0.15, 0.2) is 0 Å². The second-order valence-electron chi connectivity index (χ2n) is 9.23. The van der Waals surface area contributed by atoms with Crippen molar-refractivity contribution in [1.82, 2.24) is 0 Å². The molecule has 0 saturated heterocycles. The van der Waals surface area contributed by atoms with Crippen LogP contribution in [0, 0.1) is 10.8 Å². The molecule has 0 bridgehead atoms. The van der Waals surface area contributed by atoms with Gasteiger partial charge in [-0.2, -0.15) is 0 Å². The maximum atomic E-state index is 12.0. The normalized spacial score (nSPS) is 12.3. The molecule has 0 unspecified atom stereocenters. The molecule has 8 nitrogen and oxygen atoms in total. The number of hydrogen-bond acceptors (Lipinski definition) is 8.